The van der Waals surface area contributed by atoms with Crippen LogP contribution in [0.3, 0.4) is 0 Å². The Morgan fingerprint density at radius 3 is 2.44 bits per heavy atom. The van der Waals surface area contributed by atoms with Gasteiger partial charge < -0.3 is 4.90 Å². The molecule has 0 atom stereocenters. The van der Waals surface area contributed by atoms with Gasteiger partial charge in [0, 0.05) is 29.9 Å². The number of anilines is 1. The van der Waals surface area contributed by atoms with Gasteiger partial charge in [0.05, 0.1) is 5.69 Å². The highest BCUT2D eigenvalue weighted by Gasteiger charge is 2.15. The molecule has 1 aliphatic heterocycles. The van der Waals surface area contributed by atoms with Crippen LogP contribution < -0.4 is 4.90 Å². The number of hydrogen-bond acceptors (Lipinski definition) is 3. The molecule has 0 unspecified atom stereocenters. The van der Waals surface area contributed by atoms with Gasteiger partial charge in [0.1, 0.15) is 0 Å². The summed E-state index contributed by atoms with van der Waals surface area (Å²) in [5, 5.41) is 0.743. The van der Waals surface area contributed by atoms with Gasteiger partial charge in [0.15, 0.2) is 0 Å². The zero-order valence-electron chi connectivity index (χ0n) is 10.0. The zero-order chi connectivity index (χ0) is 12.4. The Bertz CT molecular complexity index is 533. The lowest BCUT2D eigenvalue weighted by Gasteiger charge is -2.15. The maximum Gasteiger partial charge on any atom is 0.225 e. The van der Waals surface area contributed by atoms with Crippen LogP contribution in [0.2, 0.25) is 5.02 Å². The minimum atomic E-state index is 0.743. The zero-order valence-corrected chi connectivity index (χ0v) is 10.8. The van der Waals surface area contributed by atoms with E-state index in [1.807, 2.05) is 36.5 Å². The highest BCUT2D eigenvalue weighted by molar-refractivity contribution is 6.30. The molecular weight excluding hydrogens is 246 g/mol. The van der Waals surface area contributed by atoms with Crippen molar-refractivity contribution < 1.29 is 0 Å². The first kappa shape index (κ1) is 11.5. The van der Waals surface area contributed by atoms with Crippen LogP contribution in [-0.4, -0.2) is 23.1 Å². The van der Waals surface area contributed by atoms with Crippen molar-refractivity contribution in [2.45, 2.75) is 12.8 Å². The summed E-state index contributed by atoms with van der Waals surface area (Å²) in [6.07, 6.45) is 4.29. The molecule has 0 saturated carbocycles. The second-order valence-electron chi connectivity index (χ2n) is 4.44. The van der Waals surface area contributed by atoms with Crippen LogP contribution in [0.25, 0.3) is 11.3 Å². The molecular formula is C14H14ClN3. The van der Waals surface area contributed by atoms with Gasteiger partial charge in [0.2, 0.25) is 5.95 Å². The quantitative estimate of drug-likeness (QED) is 0.828. The second-order valence-corrected chi connectivity index (χ2v) is 4.88. The standard InChI is InChI=1S/C14H14ClN3/c15-12-5-3-11(4-6-12)13-7-8-16-14(17-13)18-9-1-2-10-18/h3-8H,1-2,9-10H2. The number of hydrogen-bond donors (Lipinski definition) is 0. The van der Waals surface area contributed by atoms with Crippen LogP contribution in [0.15, 0.2) is 36.5 Å². The molecule has 3 rings (SSSR count). The fourth-order valence-corrected chi connectivity index (χ4v) is 2.33. The molecule has 0 bridgehead atoms. The van der Waals surface area contributed by atoms with Gasteiger partial charge in [-0.3, -0.25) is 0 Å². The Hall–Kier alpha value is -1.61. The molecule has 2 heterocycles. The van der Waals surface area contributed by atoms with Crippen LogP contribution in [0.1, 0.15) is 12.8 Å². The van der Waals surface area contributed by atoms with E-state index in [2.05, 4.69) is 14.9 Å². The monoisotopic (exact) mass is 259 g/mol. The van der Waals surface area contributed by atoms with Gasteiger partial charge in [-0.25, -0.2) is 9.97 Å². The molecule has 1 aliphatic rings. The van der Waals surface area contributed by atoms with Crippen molar-refractivity contribution in [2.24, 2.45) is 0 Å². The summed E-state index contributed by atoms with van der Waals surface area (Å²) in [6.45, 7) is 2.12. The van der Waals surface area contributed by atoms with Gasteiger partial charge in [-0.1, -0.05) is 23.7 Å². The summed E-state index contributed by atoms with van der Waals surface area (Å²) < 4.78 is 0. The van der Waals surface area contributed by atoms with Gasteiger partial charge in [0.25, 0.3) is 0 Å². The number of rotatable bonds is 2. The Labute approximate surface area is 111 Å². The molecule has 2 aromatic rings. The normalized spacial score (nSPS) is 15.1. The third kappa shape index (κ3) is 2.31. The number of halogens is 1. The maximum absolute atomic E-state index is 5.89. The fraction of sp³-hybridized carbons (Fsp3) is 0.286. The number of benzene rings is 1. The minimum Gasteiger partial charge on any atom is -0.341 e. The van der Waals surface area contributed by atoms with E-state index in [1.165, 1.54) is 12.8 Å². The summed E-state index contributed by atoms with van der Waals surface area (Å²) in [6, 6.07) is 9.67. The minimum absolute atomic E-state index is 0.743. The summed E-state index contributed by atoms with van der Waals surface area (Å²) in [5.41, 5.74) is 2.02. The van der Waals surface area contributed by atoms with Gasteiger partial charge in [-0.15, -0.1) is 0 Å². The smallest absolute Gasteiger partial charge is 0.225 e. The lowest BCUT2D eigenvalue weighted by molar-refractivity contribution is 0.900. The first-order valence-corrected chi connectivity index (χ1v) is 6.55. The number of aromatic nitrogens is 2. The van der Waals surface area contributed by atoms with Crippen molar-refractivity contribution in [3.8, 4) is 11.3 Å². The average Bonchev–Trinajstić information content (AvgIpc) is 2.94. The van der Waals surface area contributed by atoms with Crippen molar-refractivity contribution in [1.29, 1.82) is 0 Å². The maximum atomic E-state index is 5.89. The second kappa shape index (κ2) is 4.94. The molecule has 1 fully saturated rings. The van der Waals surface area contributed by atoms with E-state index in [-0.39, 0.29) is 0 Å². The molecule has 0 spiro atoms. The topological polar surface area (TPSA) is 29.0 Å². The Kier molecular flexibility index (Phi) is 3.15. The lowest BCUT2D eigenvalue weighted by Crippen LogP contribution is -2.20. The van der Waals surface area contributed by atoms with E-state index in [0.717, 1.165) is 35.3 Å². The third-order valence-electron chi connectivity index (χ3n) is 3.17. The molecule has 0 aliphatic carbocycles. The Morgan fingerprint density at radius 2 is 1.72 bits per heavy atom. The van der Waals surface area contributed by atoms with Crippen molar-refractivity contribution in [3.05, 3.63) is 41.6 Å². The highest BCUT2D eigenvalue weighted by atomic mass is 35.5. The van der Waals surface area contributed by atoms with Crippen LogP contribution >= 0.6 is 11.6 Å². The van der Waals surface area contributed by atoms with E-state index in [0.29, 0.717) is 0 Å². The highest BCUT2D eigenvalue weighted by Crippen LogP contribution is 2.22. The summed E-state index contributed by atoms with van der Waals surface area (Å²) >= 11 is 5.89. The van der Waals surface area contributed by atoms with E-state index in [1.54, 1.807) is 0 Å². The third-order valence-corrected chi connectivity index (χ3v) is 3.42. The van der Waals surface area contributed by atoms with Gasteiger partial charge in [-0.2, -0.15) is 0 Å². The molecule has 18 heavy (non-hydrogen) atoms. The van der Waals surface area contributed by atoms with E-state index < -0.39 is 0 Å². The van der Waals surface area contributed by atoms with E-state index >= 15 is 0 Å². The van der Waals surface area contributed by atoms with Crippen LogP contribution in [0.5, 0.6) is 0 Å². The van der Waals surface area contributed by atoms with Crippen LogP contribution in [-0.2, 0) is 0 Å². The van der Waals surface area contributed by atoms with Crippen molar-refractivity contribution >= 4 is 17.5 Å². The first-order valence-electron chi connectivity index (χ1n) is 6.17. The van der Waals surface area contributed by atoms with E-state index in [9.17, 15) is 0 Å². The molecule has 92 valence electrons. The summed E-state index contributed by atoms with van der Waals surface area (Å²) in [5.74, 6) is 0.833. The van der Waals surface area contributed by atoms with Crippen molar-refractivity contribution in [2.75, 3.05) is 18.0 Å². The van der Waals surface area contributed by atoms with E-state index in [4.69, 9.17) is 11.6 Å². The largest absolute Gasteiger partial charge is 0.341 e. The fourth-order valence-electron chi connectivity index (χ4n) is 2.20. The predicted octanol–water partition coefficient (Wildman–Crippen LogP) is 3.40. The van der Waals surface area contributed by atoms with Gasteiger partial charge >= 0.3 is 0 Å². The summed E-state index contributed by atoms with van der Waals surface area (Å²) in [7, 11) is 0. The molecule has 1 saturated heterocycles. The van der Waals surface area contributed by atoms with Crippen LogP contribution in [0, 0.1) is 0 Å². The molecule has 0 radical (unpaired) electrons. The summed E-state index contributed by atoms with van der Waals surface area (Å²) in [4.78, 5) is 11.2. The first-order chi connectivity index (χ1) is 8.83. The van der Waals surface area contributed by atoms with Crippen molar-refractivity contribution in [3.63, 3.8) is 0 Å². The molecule has 0 amide bonds. The van der Waals surface area contributed by atoms with Crippen molar-refractivity contribution in [1.82, 2.24) is 9.97 Å². The molecule has 3 nitrogen and oxygen atoms in total. The molecule has 4 heteroatoms. The van der Waals surface area contributed by atoms with Gasteiger partial charge in [-0.05, 0) is 31.0 Å². The lowest BCUT2D eigenvalue weighted by atomic mass is 10.1. The molecule has 1 aromatic heterocycles. The predicted molar refractivity (Wildman–Crippen MR) is 73.9 cm³/mol. The Morgan fingerprint density at radius 1 is 1.00 bits per heavy atom. The molecule has 1 aromatic carbocycles. The SMILES string of the molecule is Clc1ccc(-c2ccnc(N3CCCC3)n2)cc1. The molecule has 0 N–H and O–H groups in total. The average molecular weight is 260 g/mol. The van der Waals surface area contributed by atoms with Crippen LogP contribution in [0.4, 0.5) is 5.95 Å². The Balaban J connectivity index is 1.92. The number of nitrogens with zero attached hydrogens (tertiary/aromatic N) is 3.